The molecule has 6 nitrogen and oxygen atoms in total. The summed E-state index contributed by atoms with van der Waals surface area (Å²) in [4.78, 5) is 15.4. The molecule has 0 radical (unpaired) electrons. The molecule has 24 heavy (non-hydrogen) atoms. The summed E-state index contributed by atoms with van der Waals surface area (Å²) in [7, 11) is 0. The predicted octanol–water partition coefficient (Wildman–Crippen LogP) is 2.28. The van der Waals surface area contributed by atoms with Crippen LogP contribution in [0.5, 0.6) is 5.75 Å². The fourth-order valence-corrected chi connectivity index (χ4v) is 2.62. The van der Waals surface area contributed by atoms with Crippen molar-refractivity contribution in [2.24, 2.45) is 0 Å². The summed E-state index contributed by atoms with van der Waals surface area (Å²) < 4.78 is 10.5. The Morgan fingerprint density at radius 1 is 1.29 bits per heavy atom. The van der Waals surface area contributed by atoms with Gasteiger partial charge in [0.1, 0.15) is 18.5 Å². The normalized spacial score (nSPS) is 16.2. The maximum absolute atomic E-state index is 11.6. The van der Waals surface area contributed by atoms with Crippen molar-refractivity contribution in [3.8, 4) is 5.75 Å². The van der Waals surface area contributed by atoms with E-state index in [1.165, 1.54) is 0 Å². The van der Waals surface area contributed by atoms with Gasteiger partial charge in [-0.3, -0.25) is 4.90 Å². The quantitative estimate of drug-likeness (QED) is 0.822. The number of amides is 1. The zero-order chi connectivity index (χ0) is 16.7. The Bertz CT molecular complexity index is 511. The SMILES string of the molecule is CCOC(=O)N1CCN(CC(O)COc2ccccc2Cl)CC1.Cl. The van der Waals surface area contributed by atoms with Crippen molar-refractivity contribution < 1.29 is 19.4 Å². The molecule has 1 aliphatic rings. The highest BCUT2D eigenvalue weighted by Gasteiger charge is 2.23. The van der Waals surface area contributed by atoms with Crippen molar-refractivity contribution >= 4 is 30.1 Å². The van der Waals surface area contributed by atoms with E-state index >= 15 is 0 Å². The van der Waals surface area contributed by atoms with Gasteiger partial charge in [-0.25, -0.2) is 4.79 Å². The third-order valence-electron chi connectivity index (χ3n) is 3.64. The molecule has 1 aliphatic heterocycles. The Morgan fingerprint density at radius 2 is 1.96 bits per heavy atom. The smallest absolute Gasteiger partial charge is 0.409 e. The highest BCUT2D eigenvalue weighted by molar-refractivity contribution is 6.32. The van der Waals surface area contributed by atoms with Crippen LogP contribution < -0.4 is 4.74 Å². The number of hydrogen-bond donors (Lipinski definition) is 1. The van der Waals surface area contributed by atoms with Gasteiger partial charge in [-0.2, -0.15) is 0 Å². The third kappa shape index (κ3) is 6.36. The lowest BCUT2D eigenvalue weighted by atomic mass is 10.2. The minimum atomic E-state index is -0.611. The number of halogens is 2. The lowest BCUT2D eigenvalue weighted by Gasteiger charge is -2.34. The third-order valence-corrected chi connectivity index (χ3v) is 3.95. The number of carbonyl (C=O) groups excluding carboxylic acids is 1. The molecular formula is C16H24Cl2N2O4. The first-order chi connectivity index (χ1) is 11.1. The predicted molar refractivity (Wildman–Crippen MR) is 95.2 cm³/mol. The summed E-state index contributed by atoms with van der Waals surface area (Å²) in [5, 5.41) is 10.6. The van der Waals surface area contributed by atoms with Crippen LogP contribution in [-0.2, 0) is 4.74 Å². The van der Waals surface area contributed by atoms with E-state index in [-0.39, 0.29) is 25.1 Å². The zero-order valence-corrected chi connectivity index (χ0v) is 15.3. The number of nitrogens with zero attached hydrogens (tertiary/aromatic N) is 2. The van der Waals surface area contributed by atoms with Crippen LogP contribution in [0.1, 0.15) is 6.92 Å². The van der Waals surface area contributed by atoms with Crippen molar-refractivity contribution in [1.82, 2.24) is 9.80 Å². The van der Waals surface area contributed by atoms with Crippen LogP contribution in [0.4, 0.5) is 4.79 Å². The maximum atomic E-state index is 11.6. The number of piperazine rings is 1. The first-order valence-corrected chi connectivity index (χ1v) is 8.17. The minimum absolute atomic E-state index is 0. The molecule has 1 unspecified atom stereocenters. The number of carbonyl (C=O) groups is 1. The first kappa shape index (κ1) is 20.8. The zero-order valence-electron chi connectivity index (χ0n) is 13.7. The second-order valence-electron chi connectivity index (χ2n) is 5.38. The number of rotatable bonds is 6. The van der Waals surface area contributed by atoms with E-state index < -0.39 is 6.10 Å². The Labute approximate surface area is 153 Å². The fraction of sp³-hybridized carbons (Fsp3) is 0.562. The van der Waals surface area contributed by atoms with E-state index in [0.717, 1.165) is 0 Å². The Kier molecular flexibility index (Phi) is 9.21. The van der Waals surface area contributed by atoms with Crippen LogP contribution in [0, 0.1) is 0 Å². The number of aliphatic hydroxyl groups is 1. The molecule has 1 saturated heterocycles. The van der Waals surface area contributed by atoms with E-state index in [2.05, 4.69) is 4.90 Å². The molecule has 0 bridgehead atoms. The van der Waals surface area contributed by atoms with Crippen LogP contribution in [-0.4, -0.2) is 73.0 Å². The van der Waals surface area contributed by atoms with Gasteiger partial charge >= 0.3 is 6.09 Å². The molecule has 1 amide bonds. The van der Waals surface area contributed by atoms with Gasteiger partial charge < -0.3 is 19.5 Å². The second-order valence-corrected chi connectivity index (χ2v) is 5.79. The van der Waals surface area contributed by atoms with Gasteiger partial charge in [0.2, 0.25) is 0 Å². The number of para-hydroxylation sites is 1. The van der Waals surface area contributed by atoms with Gasteiger partial charge in [-0.1, -0.05) is 23.7 Å². The lowest BCUT2D eigenvalue weighted by molar-refractivity contribution is 0.0408. The van der Waals surface area contributed by atoms with E-state index in [1.54, 1.807) is 24.0 Å². The van der Waals surface area contributed by atoms with Crippen molar-refractivity contribution in [2.75, 3.05) is 45.9 Å². The highest BCUT2D eigenvalue weighted by atomic mass is 35.5. The maximum Gasteiger partial charge on any atom is 0.409 e. The van der Waals surface area contributed by atoms with Gasteiger partial charge in [-0.05, 0) is 19.1 Å². The fourth-order valence-electron chi connectivity index (χ4n) is 2.43. The van der Waals surface area contributed by atoms with Crippen molar-refractivity contribution in [1.29, 1.82) is 0 Å². The standard InChI is InChI=1S/C16H23ClN2O4.ClH/c1-2-22-16(21)19-9-7-18(8-10-19)11-13(20)12-23-15-6-4-3-5-14(15)17;/h3-6,13,20H,2,7-12H2,1H3;1H. The largest absolute Gasteiger partial charge is 0.489 e. The average Bonchev–Trinajstić information content (AvgIpc) is 2.55. The summed E-state index contributed by atoms with van der Waals surface area (Å²) >= 11 is 6.00. The van der Waals surface area contributed by atoms with Crippen LogP contribution in [0.15, 0.2) is 24.3 Å². The molecular weight excluding hydrogens is 355 g/mol. The Balaban J connectivity index is 0.00000288. The van der Waals surface area contributed by atoms with E-state index in [0.29, 0.717) is 50.1 Å². The van der Waals surface area contributed by atoms with Gasteiger partial charge in [0, 0.05) is 32.7 Å². The van der Waals surface area contributed by atoms with Gasteiger partial charge in [0.15, 0.2) is 0 Å². The van der Waals surface area contributed by atoms with Gasteiger partial charge in [-0.15, -0.1) is 12.4 Å². The monoisotopic (exact) mass is 378 g/mol. The number of hydrogen-bond acceptors (Lipinski definition) is 5. The molecule has 136 valence electrons. The number of aliphatic hydroxyl groups excluding tert-OH is 1. The molecule has 1 aromatic rings. The van der Waals surface area contributed by atoms with Crippen LogP contribution in [0.3, 0.4) is 0 Å². The summed E-state index contributed by atoms with van der Waals surface area (Å²) in [6, 6.07) is 7.18. The number of β-amino-alcohol motifs (C(OH)–C–C–N with tert-alkyl or cyclic N) is 1. The Hall–Kier alpha value is -1.21. The molecule has 2 rings (SSSR count). The summed E-state index contributed by atoms with van der Waals surface area (Å²) in [5.74, 6) is 0.570. The first-order valence-electron chi connectivity index (χ1n) is 7.79. The van der Waals surface area contributed by atoms with Crippen molar-refractivity contribution in [2.45, 2.75) is 13.0 Å². The molecule has 1 aromatic carbocycles. The Morgan fingerprint density at radius 3 is 2.58 bits per heavy atom. The van der Waals surface area contributed by atoms with Crippen molar-refractivity contribution in [3.05, 3.63) is 29.3 Å². The number of ether oxygens (including phenoxy) is 2. The van der Waals surface area contributed by atoms with Crippen molar-refractivity contribution in [3.63, 3.8) is 0 Å². The lowest BCUT2D eigenvalue weighted by Crippen LogP contribution is -2.51. The average molecular weight is 379 g/mol. The molecule has 1 N–H and O–H groups in total. The van der Waals surface area contributed by atoms with Gasteiger partial charge in [0.05, 0.1) is 11.6 Å². The second kappa shape index (κ2) is 10.6. The van der Waals surface area contributed by atoms with E-state index in [1.807, 2.05) is 12.1 Å². The molecule has 1 atom stereocenters. The summed E-state index contributed by atoms with van der Waals surface area (Å²) in [6.07, 6.45) is -0.879. The van der Waals surface area contributed by atoms with Crippen LogP contribution in [0.2, 0.25) is 5.02 Å². The number of benzene rings is 1. The van der Waals surface area contributed by atoms with E-state index in [9.17, 15) is 9.90 Å². The summed E-state index contributed by atoms with van der Waals surface area (Å²) in [5.41, 5.74) is 0. The molecule has 0 aliphatic carbocycles. The topological polar surface area (TPSA) is 62.2 Å². The van der Waals surface area contributed by atoms with Gasteiger partial charge in [0.25, 0.3) is 0 Å². The minimum Gasteiger partial charge on any atom is -0.489 e. The molecule has 1 heterocycles. The van der Waals surface area contributed by atoms with Crippen LogP contribution in [0.25, 0.3) is 0 Å². The molecule has 0 spiro atoms. The summed E-state index contributed by atoms with van der Waals surface area (Å²) in [6.45, 7) is 5.50. The molecule has 1 fully saturated rings. The molecule has 0 saturated carbocycles. The molecule has 8 heteroatoms. The van der Waals surface area contributed by atoms with E-state index in [4.69, 9.17) is 21.1 Å². The molecule has 0 aromatic heterocycles. The van der Waals surface area contributed by atoms with Crippen LogP contribution >= 0.6 is 24.0 Å². The highest BCUT2D eigenvalue weighted by Crippen LogP contribution is 2.23.